The van der Waals surface area contributed by atoms with Gasteiger partial charge in [0.1, 0.15) is 0 Å². The van der Waals surface area contributed by atoms with Crippen molar-refractivity contribution in [3.8, 4) is 0 Å². The summed E-state index contributed by atoms with van der Waals surface area (Å²) in [7, 11) is 0. The van der Waals surface area contributed by atoms with E-state index in [9.17, 15) is 5.11 Å². The Bertz CT molecular complexity index is 163. The molecule has 1 aliphatic rings. The van der Waals surface area contributed by atoms with Crippen LogP contribution in [0.1, 0.15) is 51.9 Å². The molecule has 2 atom stereocenters. The van der Waals surface area contributed by atoms with Crippen LogP contribution in [0.3, 0.4) is 0 Å². The topological polar surface area (TPSA) is 20.2 Å². The fraction of sp³-hybridized carbons (Fsp3) is 0.833. The van der Waals surface area contributed by atoms with Gasteiger partial charge in [0.2, 0.25) is 0 Å². The second-order valence-electron chi connectivity index (χ2n) is 4.33. The van der Waals surface area contributed by atoms with E-state index in [4.69, 9.17) is 0 Å². The minimum atomic E-state index is -0.421. The molecule has 0 heterocycles. The lowest BCUT2D eigenvalue weighted by atomic mass is 9.72. The molecule has 1 nitrogen and oxygen atoms in total. The molecule has 76 valence electrons. The highest BCUT2D eigenvalue weighted by Gasteiger charge is 2.36. The zero-order chi connectivity index (χ0) is 9.73. The molecule has 1 N–H and O–H groups in total. The average molecular weight is 182 g/mol. The Morgan fingerprint density at radius 2 is 2.31 bits per heavy atom. The smallest absolute Gasteiger partial charge is 0.0709 e. The van der Waals surface area contributed by atoms with E-state index in [1.54, 1.807) is 0 Å². The molecule has 1 rings (SSSR count). The van der Waals surface area contributed by atoms with Gasteiger partial charge >= 0.3 is 0 Å². The van der Waals surface area contributed by atoms with Gasteiger partial charge in [-0.25, -0.2) is 0 Å². The van der Waals surface area contributed by atoms with E-state index in [0.29, 0.717) is 5.92 Å². The van der Waals surface area contributed by atoms with Gasteiger partial charge in [-0.1, -0.05) is 32.3 Å². The molecule has 0 aromatic heterocycles. The molecule has 0 spiro atoms. The van der Waals surface area contributed by atoms with Crippen molar-refractivity contribution in [3.05, 3.63) is 12.7 Å². The Kier molecular flexibility index (Phi) is 3.98. The fourth-order valence-corrected chi connectivity index (χ4v) is 2.57. The summed E-state index contributed by atoms with van der Waals surface area (Å²) in [6.07, 6.45) is 9.66. The average Bonchev–Trinajstić information content (AvgIpc) is 2.10. The second-order valence-corrected chi connectivity index (χ2v) is 4.33. The largest absolute Gasteiger partial charge is 0.389 e. The van der Waals surface area contributed by atoms with E-state index in [-0.39, 0.29) is 0 Å². The molecule has 0 amide bonds. The molecule has 0 radical (unpaired) electrons. The summed E-state index contributed by atoms with van der Waals surface area (Å²) in [5, 5.41) is 10.4. The highest BCUT2D eigenvalue weighted by molar-refractivity contribution is 4.94. The molecule has 1 aliphatic carbocycles. The molecular formula is C12H22O. The minimum absolute atomic E-state index is 0.421. The van der Waals surface area contributed by atoms with Gasteiger partial charge in [0.15, 0.2) is 0 Å². The number of aliphatic hydroxyl groups is 1. The van der Waals surface area contributed by atoms with E-state index >= 15 is 0 Å². The summed E-state index contributed by atoms with van der Waals surface area (Å²) >= 11 is 0. The van der Waals surface area contributed by atoms with Crippen molar-refractivity contribution in [3.63, 3.8) is 0 Å². The zero-order valence-corrected chi connectivity index (χ0v) is 8.76. The lowest BCUT2D eigenvalue weighted by molar-refractivity contribution is -0.0489. The summed E-state index contributed by atoms with van der Waals surface area (Å²) in [6.45, 7) is 5.93. The van der Waals surface area contributed by atoms with Gasteiger partial charge in [-0.05, 0) is 31.6 Å². The normalized spacial score (nSPS) is 34.5. The Morgan fingerprint density at radius 1 is 1.54 bits per heavy atom. The molecule has 0 aromatic rings. The maximum Gasteiger partial charge on any atom is 0.0709 e. The van der Waals surface area contributed by atoms with Crippen LogP contribution in [-0.2, 0) is 0 Å². The van der Waals surface area contributed by atoms with Crippen LogP contribution >= 0.6 is 0 Å². The zero-order valence-electron chi connectivity index (χ0n) is 8.76. The van der Waals surface area contributed by atoms with E-state index in [1.807, 2.05) is 6.08 Å². The van der Waals surface area contributed by atoms with Crippen molar-refractivity contribution in [2.45, 2.75) is 57.5 Å². The van der Waals surface area contributed by atoms with Crippen LogP contribution in [0.15, 0.2) is 12.7 Å². The monoisotopic (exact) mass is 182 g/mol. The van der Waals surface area contributed by atoms with Gasteiger partial charge in [-0.2, -0.15) is 0 Å². The van der Waals surface area contributed by atoms with Gasteiger partial charge < -0.3 is 5.11 Å². The molecule has 1 saturated carbocycles. The maximum atomic E-state index is 10.4. The van der Waals surface area contributed by atoms with Crippen molar-refractivity contribution in [2.24, 2.45) is 5.92 Å². The first-order valence-corrected chi connectivity index (χ1v) is 5.56. The van der Waals surface area contributed by atoms with Crippen molar-refractivity contribution >= 4 is 0 Å². The standard InChI is InChI=1S/C12H22O/c1-3-7-11-8-5-6-10-12(11,13)9-4-2/h4,11,13H,2-3,5-10H2,1H3/t11-,12+/m0/s1. The third kappa shape index (κ3) is 2.57. The van der Waals surface area contributed by atoms with Crippen molar-refractivity contribution in [2.75, 3.05) is 0 Å². The quantitative estimate of drug-likeness (QED) is 0.661. The van der Waals surface area contributed by atoms with Gasteiger partial charge in [0, 0.05) is 0 Å². The Hall–Kier alpha value is -0.300. The maximum absolute atomic E-state index is 10.4. The summed E-state index contributed by atoms with van der Waals surface area (Å²) in [5.74, 6) is 0.518. The SMILES string of the molecule is C=CC[C@@]1(O)CCCC[C@@H]1CCC. The summed E-state index contributed by atoms with van der Waals surface area (Å²) in [4.78, 5) is 0. The van der Waals surface area contributed by atoms with E-state index < -0.39 is 5.60 Å². The summed E-state index contributed by atoms with van der Waals surface area (Å²) in [6, 6.07) is 0. The molecule has 0 bridgehead atoms. The van der Waals surface area contributed by atoms with Crippen LogP contribution in [0.2, 0.25) is 0 Å². The molecule has 1 heteroatoms. The Morgan fingerprint density at radius 3 is 2.92 bits per heavy atom. The molecule has 1 fully saturated rings. The molecule has 13 heavy (non-hydrogen) atoms. The van der Waals surface area contributed by atoms with E-state index in [2.05, 4.69) is 13.5 Å². The van der Waals surface area contributed by atoms with Gasteiger partial charge in [-0.15, -0.1) is 6.58 Å². The van der Waals surface area contributed by atoms with Crippen LogP contribution in [0.25, 0.3) is 0 Å². The predicted molar refractivity (Wildman–Crippen MR) is 56.6 cm³/mol. The van der Waals surface area contributed by atoms with Gasteiger partial charge in [-0.3, -0.25) is 0 Å². The molecule has 0 aromatic carbocycles. The third-order valence-electron chi connectivity index (χ3n) is 3.31. The number of hydrogen-bond acceptors (Lipinski definition) is 1. The number of hydrogen-bond donors (Lipinski definition) is 1. The van der Waals surface area contributed by atoms with Crippen LogP contribution in [0.4, 0.5) is 0 Å². The van der Waals surface area contributed by atoms with Crippen LogP contribution in [0, 0.1) is 5.92 Å². The highest BCUT2D eigenvalue weighted by Crippen LogP contribution is 2.38. The molecule has 0 aliphatic heterocycles. The van der Waals surface area contributed by atoms with Gasteiger partial charge in [0.25, 0.3) is 0 Å². The molecule has 0 saturated heterocycles. The second kappa shape index (κ2) is 4.80. The highest BCUT2D eigenvalue weighted by atomic mass is 16.3. The van der Waals surface area contributed by atoms with Crippen LogP contribution < -0.4 is 0 Å². The predicted octanol–water partition coefficient (Wildman–Crippen LogP) is 3.28. The summed E-state index contributed by atoms with van der Waals surface area (Å²) in [5.41, 5.74) is -0.421. The van der Waals surface area contributed by atoms with Crippen molar-refractivity contribution in [1.82, 2.24) is 0 Å². The molecule has 0 unspecified atom stereocenters. The van der Waals surface area contributed by atoms with E-state index in [1.165, 1.54) is 32.1 Å². The summed E-state index contributed by atoms with van der Waals surface area (Å²) < 4.78 is 0. The Labute approximate surface area is 81.9 Å². The fourth-order valence-electron chi connectivity index (χ4n) is 2.57. The first kappa shape index (κ1) is 10.8. The first-order chi connectivity index (χ1) is 6.23. The lowest BCUT2D eigenvalue weighted by Crippen LogP contribution is -2.40. The van der Waals surface area contributed by atoms with Crippen molar-refractivity contribution < 1.29 is 5.11 Å². The number of rotatable bonds is 4. The molecular weight excluding hydrogens is 160 g/mol. The van der Waals surface area contributed by atoms with E-state index in [0.717, 1.165) is 12.8 Å². The van der Waals surface area contributed by atoms with Crippen LogP contribution in [-0.4, -0.2) is 10.7 Å². The van der Waals surface area contributed by atoms with Gasteiger partial charge in [0.05, 0.1) is 5.60 Å². The minimum Gasteiger partial charge on any atom is -0.389 e. The third-order valence-corrected chi connectivity index (χ3v) is 3.31. The Balaban J connectivity index is 2.58. The van der Waals surface area contributed by atoms with Crippen LogP contribution in [0.5, 0.6) is 0 Å². The first-order valence-electron chi connectivity index (χ1n) is 5.56. The van der Waals surface area contributed by atoms with Crippen molar-refractivity contribution in [1.29, 1.82) is 0 Å². The lowest BCUT2D eigenvalue weighted by Gasteiger charge is -2.39.